The fraction of sp³-hybridized carbons (Fsp3) is 0.462. The van der Waals surface area contributed by atoms with Crippen LogP contribution < -0.4 is 10.2 Å². The maximum atomic E-state index is 11.9. The highest BCUT2D eigenvalue weighted by atomic mass is 19.3. The van der Waals surface area contributed by atoms with Gasteiger partial charge in [0.1, 0.15) is 0 Å². The summed E-state index contributed by atoms with van der Waals surface area (Å²) in [5, 5.41) is 2.21. The van der Waals surface area contributed by atoms with E-state index < -0.39 is 12.3 Å². The summed E-state index contributed by atoms with van der Waals surface area (Å²) in [7, 11) is 0. The number of amides is 1. The summed E-state index contributed by atoms with van der Waals surface area (Å²) in [6.45, 7) is 2.03. The maximum absolute atomic E-state index is 11.9. The molecule has 0 fully saturated rings. The van der Waals surface area contributed by atoms with Gasteiger partial charge in [-0.3, -0.25) is 4.79 Å². The molecular formula is C13H16F2N2O. The minimum absolute atomic E-state index is 0.293. The molecule has 1 amide bonds. The van der Waals surface area contributed by atoms with Gasteiger partial charge in [0.15, 0.2) is 0 Å². The molecule has 1 aromatic rings. The van der Waals surface area contributed by atoms with Crippen LogP contribution in [0.3, 0.4) is 0 Å². The molecule has 2 rings (SSSR count). The third-order valence-corrected chi connectivity index (χ3v) is 3.09. The number of alkyl halides is 2. The predicted octanol–water partition coefficient (Wildman–Crippen LogP) is 1.82. The molecule has 1 aliphatic heterocycles. The Labute approximate surface area is 105 Å². The van der Waals surface area contributed by atoms with Crippen molar-refractivity contribution >= 4 is 11.6 Å². The molecule has 1 aliphatic rings. The fourth-order valence-corrected chi connectivity index (χ4v) is 2.20. The number of rotatable bonds is 5. The average molecular weight is 254 g/mol. The van der Waals surface area contributed by atoms with Gasteiger partial charge in [-0.15, -0.1) is 0 Å². The Balaban J connectivity index is 1.74. The van der Waals surface area contributed by atoms with Crippen molar-refractivity contribution in [1.82, 2.24) is 5.32 Å². The van der Waals surface area contributed by atoms with Crippen molar-refractivity contribution in [3.8, 4) is 0 Å². The van der Waals surface area contributed by atoms with Crippen LogP contribution in [-0.2, 0) is 11.2 Å². The summed E-state index contributed by atoms with van der Waals surface area (Å²) in [5.74, 6) is -1.18. The number of benzene rings is 1. The van der Waals surface area contributed by atoms with Gasteiger partial charge in [-0.25, -0.2) is 0 Å². The van der Waals surface area contributed by atoms with E-state index in [9.17, 15) is 13.6 Å². The molecule has 0 aliphatic carbocycles. The first-order valence-corrected chi connectivity index (χ1v) is 6.07. The molecule has 18 heavy (non-hydrogen) atoms. The summed E-state index contributed by atoms with van der Waals surface area (Å²) < 4.78 is 23.9. The monoisotopic (exact) mass is 254 g/mol. The molecule has 0 radical (unpaired) electrons. The van der Waals surface area contributed by atoms with Crippen LogP contribution in [0.15, 0.2) is 24.3 Å². The SMILES string of the molecule is O=C(NCCCN1CCc2ccccc21)C(F)F. The van der Waals surface area contributed by atoms with Gasteiger partial charge in [0.2, 0.25) is 0 Å². The van der Waals surface area contributed by atoms with Crippen LogP contribution in [0.2, 0.25) is 0 Å². The third-order valence-electron chi connectivity index (χ3n) is 3.09. The van der Waals surface area contributed by atoms with Crippen LogP contribution in [0, 0.1) is 0 Å². The van der Waals surface area contributed by atoms with Crippen LogP contribution in [0.1, 0.15) is 12.0 Å². The molecule has 0 spiro atoms. The van der Waals surface area contributed by atoms with E-state index in [0.29, 0.717) is 13.0 Å². The average Bonchev–Trinajstić information content (AvgIpc) is 2.77. The Hall–Kier alpha value is -1.65. The number of carbonyl (C=O) groups is 1. The molecule has 3 nitrogen and oxygen atoms in total. The largest absolute Gasteiger partial charge is 0.371 e. The number of nitrogens with one attached hydrogen (secondary N) is 1. The summed E-state index contributed by atoms with van der Waals surface area (Å²) in [6.07, 6.45) is -1.22. The second-order valence-electron chi connectivity index (χ2n) is 4.31. The van der Waals surface area contributed by atoms with E-state index in [1.807, 2.05) is 12.1 Å². The van der Waals surface area contributed by atoms with Crippen molar-refractivity contribution < 1.29 is 13.6 Å². The predicted molar refractivity (Wildman–Crippen MR) is 66.0 cm³/mol. The van der Waals surface area contributed by atoms with Crippen molar-refractivity contribution in [3.63, 3.8) is 0 Å². The van der Waals surface area contributed by atoms with Crippen molar-refractivity contribution in [1.29, 1.82) is 0 Å². The molecule has 0 saturated carbocycles. The number of halogens is 2. The van der Waals surface area contributed by atoms with Crippen LogP contribution in [0.5, 0.6) is 0 Å². The zero-order chi connectivity index (χ0) is 13.0. The van der Waals surface area contributed by atoms with Gasteiger partial charge in [0, 0.05) is 25.3 Å². The van der Waals surface area contributed by atoms with E-state index in [2.05, 4.69) is 22.3 Å². The number of anilines is 1. The fourth-order valence-electron chi connectivity index (χ4n) is 2.20. The van der Waals surface area contributed by atoms with Crippen LogP contribution in [-0.4, -0.2) is 32.0 Å². The van der Waals surface area contributed by atoms with E-state index in [1.165, 1.54) is 11.3 Å². The number of fused-ring (bicyclic) bond motifs is 1. The van der Waals surface area contributed by atoms with E-state index in [1.54, 1.807) is 0 Å². The standard InChI is InChI=1S/C13H16F2N2O/c14-12(15)13(18)16-7-3-8-17-9-6-10-4-1-2-5-11(10)17/h1-2,4-5,12H,3,6-9H2,(H,16,18). The number of para-hydroxylation sites is 1. The van der Waals surface area contributed by atoms with Crippen LogP contribution >= 0.6 is 0 Å². The molecule has 1 N–H and O–H groups in total. The smallest absolute Gasteiger partial charge is 0.315 e. The Morgan fingerprint density at radius 3 is 2.94 bits per heavy atom. The Morgan fingerprint density at radius 1 is 1.39 bits per heavy atom. The van der Waals surface area contributed by atoms with E-state index in [0.717, 1.165) is 19.5 Å². The van der Waals surface area contributed by atoms with Gasteiger partial charge in [-0.2, -0.15) is 8.78 Å². The lowest BCUT2D eigenvalue weighted by molar-refractivity contribution is -0.131. The van der Waals surface area contributed by atoms with Gasteiger partial charge in [-0.1, -0.05) is 18.2 Å². The Kier molecular flexibility index (Phi) is 4.12. The number of carbonyl (C=O) groups excluding carboxylic acids is 1. The van der Waals surface area contributed by atoms with Crippen molar-refractivity contribution in [2.75, 3.05) is 24.5 Å². The lowest BCUT2D eigenvalue weighted by atomic mass is 10.2. The zero-order valence-corrected chi connectivity index (χ0v) is 10.0. The lowest BCUT2D eigenvalue weighted by Crippen LogP contribution is -2.32. The van der Waals surface area contributed by atoms with Crippen molar-refractivity contribution in [3.05, 3.63) is 29.8 Å². The highest BCUT2D eigenvalue weighted by Crippen LogP contribution is 2.27. The second kappa shape index (κ2) is 5.80. The van der Waals surface area contributed by atoms with E-state index >= 15 is 0 Å². The summed E-state index contributed by atoms with van der Waals surface area (Å²) >= 11 is 0. The molecule has 0 aromatic heterocycles. The first kappa shape index (κ1) is 12.8. The van der Waals surface area contributed by atoms with Gasteiger partial charge >= 0.3 is 6.43 Å². The van der Waals surface area contributed by atoms with E-state index in [4.69, 9.17) is 0 Å². The van der Waals surface area contributed by atoms with Crippen LogP contribution in [0.25, 0.3) is 0 Å². The van der Waals surface area contributed by atoms with Gasteiger partial charge in [-0.05, 0) is 24.5 Å². The zero-order valence-electron chi connectivity index (χ0n) is 10.0. The quantitative estimate of drug-likeness (QED) is 0.813. The lowest BCUT2D eigenvalue weighted by Gasteiger charge is -2.19. The normalized spacial score (nSPS) is 13.8. The first-order chi connectivity index (χ1) is 8.68. The highest BCUT2D eigenvalue weighted by molar-refractivity contribution is 5.78. The minimum Gasteiger partial charge on any atom is -0.371 e. The molecule has 0 bridgehead atoms. The number of nitrogens with zero attached hydrogens (tertiary/aromatic N) is 1. The summed E-state index contributed by atoms with van der Waals surface area (Å²) in [4.78, 5) is 12.9. The molecule has 5 heteroatoms. The molecule has 0 unspecified atom stereocenters. The third kappa shape index (κ3) is 2.97. The molecule has 1 aromatic carbocycles. The molecule has 98 valence electrons. The highest BCUT2D eigenvalue weighted by Gasteiger charge is 2.18. The van der Waals surface area contributed by atoms with Crippen molar-refractivity contribution in [2.24, 2.45) is 0 Å². The number of hydrogen-bond acceptors (Lipinski definition) is 2. The molecule has 0 saturated heterocycles. The number of hydrogen-bond donors (Lipinski definition) is 1. The second-order valence-corrected chi connectivity index (χ2v) is 4.31. The minimum atomic E-state index is -2.92. The summed E-state index contributed by atoms with van der Waals surface area (Å²) in [5.41, 5.74) is 2.55. The topological polar surface area (TPSA) is 32.3 Å². The molecule has 0 atom stereocenters. The van der Waals surface area contributed by atoms with E-state index in [-0.39, 0.29) is 0 Å². The van der Waals surface area contributed by atoms with Gasteiger partial charge in [0.25, 0.3) is 5.91 Å². The Morgan fingerprint density at radius 2 is 2.17 bits per heavy atom. The Bertz CT molecular complexity index is 423. The first-order valence-electron chi connectivity index (χ1n) is 6.07. The van der Waals surface area contributed by atoms with Gasteiger partial charge in [0.05, 0.1) is 0 Å². The molecule has 1 heterocycles. The van der Waals surface area contributed by atoms with Crippen molar-refractivity contribution in [2.45, 2.75) is 19.3 Å². The molecular weight excluding hydrogens is 238 g/mol. The summed E-state index contributed by atoms with van der Waals surface area (Å²) in [6, 6.07) is 8.19. The maximum Gasteiger partial charge on any atom is 0.315 e. The van der Waals surface area contributed by atoms with Gasteiger partial charge < -0.3 is 10.2 Å². The van der Waals surface area contributed by atoms with Crippen LogP contribution in [0.4, 0.5) is 14.5 Å².